The summed E-state index contributed by atoms with van der Waals surface area (Å²) in [6.45, 7) is 4.00. The van der Waals surface area contributed by atoms with Crippen LogP contribution in [0.5, 0.6) is 0 Å². The molecule has 0 fully saturated rings. The maximum absolute atomic E-state index is 13.2. The summed E-state index contributed by atoms with van der Waals surface area (Å²) < 4.78 is 6.05. The number of benzene rings is 2. The Morgan fingerprint density at radius 1 is 1.13 bits per heavy atom. The number of primary amides is 1. The molecule has 0 aliphatic carbocycles. The number of carbonyl (C=O) groups is 2. The fraction of sp³-hybridized carbons (Fsp3) is 0.385. The van der Waals surface area contributed by atoms with E-state index in [2.05, 4.69) is 19.1 Å². The first-order valence-corrected chi connectivity index (χ1v) is 11.0. The number of ether oxygens (including phenoxy) is 1. The first-order chi connectivity index (χ1) is 14.9. The lowest BCUT2D eigenvalue weighted by Gasteiger charge is -2.38. The molecule has 0 radical (unpaired) electrons. The molecule has 0 aromatic heterocycles. The van der Waals surface area contributed by atoms with E-state index in [1.54, 1.807) is 18.2 Å². The molecule has 0 saturated heterocycles. The number of carbonyl (C=O) groups excluding carboxylic acids is 2. The van der Waals surface area contributed by atoms with Crippen LogP contribution in [0.1, 0.15) is 73.4 Å². The standard InChI is InChI=1S/C26H31NO4/c1-3-14-26(15-13-18-9-6-5-7-10-18)17-22(28)23(25(30)31-26)21(4-2)19-11-8-12-20(16-19)24(27)29/h5-12,16,21,28H,3-4,13-15,17H2,1-2H3,(H2,27,29). The van der Waals surface area contributed by atoms with Gasteiger partial charge in [-0.05, 0) is 48.9 Å². The molecule has 2 unspecified atom stereocenters. The van der Waals surface area contributed by atoms with Crippen LogP contribution in [0, 0.1) is 0 Å². The molecule has 1 amide bonds. The molecule has 1 aliphatic rings. The first-order valence-electron chi connectivity index (χ1n) is 11.0. The summed E-state index contributed by atoms with van der Waals surface area (Å²) in [7, 11) is 0. The smallest absolute Gasteiger partial charge is 0.338 e. The third-order valence-electron chi connectivity index (χ3n) is 6.08. The predicted octanol–water partition coefficient (Wildman–Crippen LogP) is 5.21. The number of aliphatic hydroxyl groups excluding tert-OH is 1. The molecule has 5 nitrogen and oxygen atoms in total. The number of hydrogen-bond acceptors (Lipinski definition) is 4. The van der Waals surface area contributed by atoms with Crippen LogP contribution in [0.15, 0.2) is 65.9 Å². The number of aryl methyl sites for hydroxylation is 1. The summed E-state index contributed by atoms with van der Waals surface area (Å²) in [4.78, 5) is 24.8. The summed E-state index contributed by atoms with van der Waals surface area (Å²) >= 11 is 0. The molecule has 2 aromatic rings. The van der Waals surface area contributed by atoms with E-state index in [-0.39, 0.29) is 17.3 Å². The molecule has 164 valence electrons. The molecule has 1 aliphatic heterocycles. The zero-order valence-electron chi connectivity index (χ0n) is 18.3. The summed E-state index contributed by atoms with van der Waals surface area (Å²) in [5, 5.41) is 11.0. The number of hydrogen-bond donors (Lipinski definition) is 2. The Morgan fingerprint density at radius 2 is 1.87 bits per heavy atom. The van der Waals surface area contributed by atoms with Crippen LogP contribution in [-0.2, 0) is 16.0 Å². The number of rotatable bonds is 9. The van der Waals surface area contributed by atoms with Crippen molar-refractivity contribution in [3.63, 3.8) is 0 Å². The number of amides is 1. The van der Waals surface area contributed by atoms with Gasteiger partial charge < -0.3 is 15.6 Å². The molecule has 1 heterocycles. The fourth-order valence-electron chi connectivity index (χ4n) is 4.54. The second kappa shape index (κ2) is 9.82. The summed E-state index contributed by atoms with van der Waals surface area (Å²) in [6, 6.07) is 17.0. The van der Waals surface area contributed by atoms with Crippen molar-refractivity contribution in [1.82, 2.24) is 0 Å². The van der Waals surface area contributed by atoms with Crippen molar-refractivity contribution in [3.05, 3.63) is 82.6 Å². The first kappa shape index (κ1) is 22.6. The van der Waals surface area contributed by atoms with Gasteiger partial charge in [-0.3, -0.25) is 4.79 Å². The van der Waals surface area contributed by atoms with Crippen molar-refractivity contribution >= 4 is 11.9 Å². The van der Waals surface area contributed by atoms with Gasteiger partial charge >= 0.3 is 5.97 Å². The second-order valence-electron chi connectivity index (χ2n) is 8.30. The zero-order valence-corrected chi connectivity index (χ0v) is 18.3. The maximum atomic E-state index is 13.2. The van der Waals surface area contributed by atoms with Crippen LogP contribution in [0.2, 0.25) is 0 Å². The van der Waals surface area contributed by atoms with Gasteiger partial charge in [0.25, 0.3) is 0 Å². The van der Waals surface area contributed by atoms with E-state index in [9.17, 15) is 14.7 Å². The van der Waals surface area contributed by atoms with Gasteiger partial charge in [0.2, 0.25) is 5.91 Å². The molecule has 0 saturated carbocycles. The van der Waals surface area contributed by atoms with Crippen LogP contribution >= 0.6 is 0 Å². The van der Waals surface area contributed by atoms with Crippen molar-refractivity contribution in [2.24, 2.45) is 5.73 Å². The third kappa shape index (κ3) is 5.16. The molecule has 3 rings (SSSR count). The van der Waals surface area contributed by atoms with Gasteiger partial charge in [-0.15, -0.1) is 0 Å². The fourth-order valence-corrected chi connectivity index (χ4v) is 4.54. The SMILES string of the molecule is CCCC1(CCc2ccccc2)CC(O)=C(C(CC)c2cccc(C(N)=O)c2)C(=O)O1. The Kier molecular flexibility index (Phi) is 7.16. The van der Waals surface area contributed by atoms with Gasteiger partial charge in [0.05, 0.1) is 5.57 Å². The van der Waals surface area contributed by atoms with Crippen molar-refractivity contribution in [2.75, 3.05) is 0 Å². The highest BCUT2D eigenvalue weighted by Gasteiger charge is 2.43. The molecule has 0 bridgehead atoms. The van der Waals surface area contributed by atoms with E-state index in [1.165, 1.54) is 5.56 Å². The summed E-state index contributed by atoms with van der Waals surface area (Å²) in [5.41, 5.74) is 7.32. The Balaban J connectivity index is 1.89. The largest absolute Gasteiger partial charge is 0.512 e. The number of esters is 1. The molecular weight excluding hydrogens is 390 g/mol. The zero-order chi connectivity index (χ0) is 22.4. The van der Waals surface area contributed by atoms with Crippen LogP contribution < -0.4 is 5.73 Å². The Morgan fingerprint density at radius 3 is 2.48 bits per heavy atom. The minimum atomic E-state index is -0.706. The van der Waals surface area contributed by atoms with Gasteiger partial charge in [0.15, 0.2) is 0 Å². The lowest BCUT2D eigenvalue weighted by molar-refractivity contribution is -0.161. The lowest BCUT2D eigenvalue weighted by Crippen LogP contribution is -2.41. The van der Waals surface area contributed by atoms with Crippen molar-refractivity contribution in [1.29, 1.82) is 0 Å². The average molecular weight is 422 g/mol. The van der Waals surface area contributed by atoms with Crippen LogP contribution in [0.4, 0.5) is 0 Å². The topological polar surface area (TPSA) is 89.6 Å². The van der Waals surface area contributed by atoms with Crippen LogP contribution in [0.25, 0.3) is 0 Å². The number of aliphatic hydroxyl groups is 1. The predicted molar refractivity (Wildman–Crippen MR) is 121 cm³/mol. The van der Waals surface area contributed by atoms with E-state index in [4.69, 9.17) is 10.5 Å². The third-order valence-corrected chi connectivity index (χ3v) is 6.08. The van der Waals surface area contributed by atoms with Gasteiger partial charge in [0.1, 0.15) is 11.4 Å². The maximum Gasteiger partial charge on any atom is 0.338 e. The second-order valence-corrected chi connectivity index (χ2v) is 8.30. The average Bonchev–Trinajstić information content (AvgIpc) is 2.76. The molecular formula is C26H31NO4. The Hall–Kier alpha value is -3.08. The van der Waals surface area contributed by atoms with Gasteiger partial charge in [-0.1, -0.05) is 62.7 Å². The van der Waals surface area contributed by atoms with Crippen LogP contribution in [0.3, 0.4) is 0 Å². The molecule has 31 heavy (non-hydrogen) atoms. The summed E-state index contributed by atoms with van der Waals surface area (Å²) in [5.74, 6) is -1.26. The highest BCUT2D eigenvalue weighted by Crippen LogP contribution is 2.41. The highest BCUT2D eigenvalue weighted by molar-refractivity contribution is 5.94. The van der Waals surface area contributed by atoms with E-state index in [1.807, 2.05) is 31.2 Å². The molecule has 2 atom stereocenters. The van der Waals surface area contributed by atoms with E-state index < -0.39 is 17.5 Å². The van der Waals surface area contributed by atoms with Crippen molar-refractivity contribution < 1.29 is 19.4 Å². The Labute approximate surface area is 183 Å². The van der Waals surface area contributed by atoms with Gasteiger partial charge in [0, 0.05) is 17.9 Å². The molecule has 5 heteroatoms. The quantitative estimate of drug-likeness (QED) is 0.544. The molecule has 0 spiro atoms. The van der Waals surface area contributed by atoms with Gasteiger partial charge in [-0.25, -0.2) is 4.79 Å². The van der Waals surface area contributed by atoms with Crippen molar-refractivity contribution in [2.45, 2.75) is 63.9 Å². The van der Waals surface area contributed by atoms with E-state index in [0.29, 0.717) is 31.2 Å². The summed E-state index contributed by atoms with van der Waals surface area (Å²) in [6.07, 6.45) is 3.86. The van der Waals surface area contributed by atoms with Gasteiger partial charge in [-0.2, -0.15) is 0 Å². The van der Waals surface area contributed by atoms with E-state index >= 15 is 0 Å². The monoisotopic (exact) mass is 421 g/mol. The number of nitrogens with two attached hydrogens (primary N) is 1. The highest BCUT2D eigenvalue weighted by atomic mass is 16.6. The molecule has 2 aromatic carbocycles. The molecule has 3 N–H and O–H groups in total. The normalized spacial score (nSPS) is 19.7. The van der Waals surface area contributed by atoms with Crippen molar-refractivity contribution in [3.8, 4) is 0 Å². The van der Waals surface area contributed by atoms with E-state index in [0.717, 1.165) is 18.4 Å². The number of cyclic esters (lactones) is 1. The lowest BCUT2D eigenvalue weighted by atomic mass is 9.79. The van der Waals surface area contributed by atoms with Crippen LogP contribution in [-0.4, -0.2) is 22.6 Å². The minimum Gasteiger partial charge on any atom is -0.512 e. The Bertz CT molecular complexity index is 966. The minimum absolute atomic E-state index is 0.0917.